The van der Waals surface area contributed by atoms with Crippen molar-refractivity contribution in [3.8, 4) is 0 Å². The van der Waals surface area contributed by atoms with E-state index in [1.165, 1.54) is 0 Å². The Hall–Kier alpha value is -0.810. The highest BCUT2D eigenvalue weighted by molar-refractivity contribution is 5.78. The van der Waals surface area contributed by atoms with E-state index in [2.05, 4.69) is 31.1 Å². The zero-order valence-corrected chi connectivity index (χ0v) is 13.0. The van der Waals surface area contributed by atoms with Crippen LogP contribution in [0.15, 0.2) is 4.99 Å². The first-order valence-corrected chi connectivity index (χ1v) is 7.06. The molecule has 0 bridgehead atoms. The fraction of sp³-hybridized carbons (Fsp3) is 0.929. The highest BCUT2D eigenvalue weighted by Gasteiger charge is 2.57. The molecule has 112 valence electrons. The molecule has 5 nitrogen and oxygen atoms in total. The van der Waals surface area contributed by atoms with Gasteiger partial charge >= 0.3 is 0 Å². The topological polar surface area (TPSA) is 68.9 Å². The number of nitrogens with one attached hydrogen (secondary N) is 1. The number of methoxy groups -OCH3 is 1. The number of aliphatic imine (C=N–C) groups is 1. The van der Waals surface area contributed by atoms with Crippen molar-refractivity contribution in [2.45, 2.75) is 52.2 Å². The minimum absolute atomic E-state index is 0.0488. The lowest BCUT2D eigenvalue weighted by atomic mass is 9.56. The highest BCUT2D eigenvalue weighted by Crippen LogP contribution is 2.51. The average Bonchev–Trinajstić information content (AvgIpc) is 2.37. The fourth-order valence-corrected chi connectivity index (χ4v) is 2.46. The van der Waals surface area contributed by atoms with Gasteiger partial charge in [0.25, 0.3) is 0 Å². The van der Waals surface area contributed by atoms with Crippen LogP contribution in [0.25, 0.3) is 0 Å². The van der Waals surface area contributed by atoms with Gasteiger partial charge in [0, 0.05) is 38.3 Å². The second-order valence-electron chi connectivity index (χ2n) is 5.88. The molecule has 0 aliphatic heterocycles. The van der Waals surface area contributed by atoms with E-state index in [0.717, 1.165) is 26.1 Å². The van der Waals surface area contributed by atoms with Gasteiger partial charge in [-0.2, -0.15) is 0 Å². The standard InChI is InChI=1S/C14H29N3O2/c1-6-19-9-7-8-16-12(15)17-11-10-14(4,18-5)13(11,2)3/h11H,6-10H2,1-5H3,(H3,15,16,17). The molecule has 0 aromatic rings. The predicted octanol–water partition coefficient (Wildman–Crippen LogP) is 1.52. The normalized spacial score (nSPS) is 29.9. The molecule has 2 atom stereocenters. The third-order valence-corrected chi connectivity index (χ3v) is 4.53. The second kappa shape index (κ2) is 6.57. The van der Waals surface area contributed by atoms with Crippen LogP contribution in [0.1, 0.15) is 40.5 Å². The maximum absolute atomic E-state index is 5.91. The third-order valence-electron chi connectivity index (χ3n) is 4.53. The molecule has 2 unspecified atom stereocenters. The van der Waals surface area contributed by atoms with E-state index >= 15 is 0 Å². The molecule has 1 saturated carbocycles. The first-order valence-electron chi connectivity index (χ1n) is 7.06. The lowest BCUT2D eigenvalue weighted by Gasteiger charge is -2.59. The Morgan fingerprint density at radius 1 is 1.42 bits per heavy atom. The number of hydrogen-bond acceptors (Lipinski definition) is 3. The minimum atomic E-state index is -0.0834. The molecule has 0 heterocycles. The number of nitrogens with two attached hydrogens (primary N) is 1. The zero-order chi connectivity index (χ0) is 14.5. The zero-order valence-electron chi connectivity index (χ0n) is 13.0. The summed E-state index contributed by atoms with van der Waals surface area (Å²) in [6, 6.07) is 0.313. The van der Waals surface area contributed by atoms with Gasteiger partial charge in [0.1, 0.15) is 0 Å². The largest absolute Gasteiger partial charge is 0.382 e. The van der Waals surface area contributed by atoms with Gasteiger partial charge < -0.3 is 20.5 Å². The molecule has 0 aromatic carbocycles. The van der Waals surface area contributed by atoms with Crippen molar-refractivity contribution in [1.29, 1.82) is 0 Å². The van der Waals surface area contributed by atoms with E-state index < -0.39 is 0 Å². The molecule has 19 heavy (non-hydrogen) atoms. The average molecular weight is 271 g/mol. The van der Waals surface area contributed by atoms with Gasteiger partial charge in [-0.3, -0.25) is 4.99 Å². The summed E-state index contributed by atoms with van der Waals surface area (Å²) in [6.45, 7) is 10.7. The van der Waals surface area contributed by atoms with Crippen molar-refractivity contribution in [3.05, 3.63) is 0 Å². The molecular formula is C14H29N3O2. The maximum Gasteiger partial charge on any atom is 0.188 e. The van der Waals surface area contributed by atoms with E-state index in [4.69, 9.17) is 15.2 Å². The number of ether oxygens (including phenoxy) is 2. The summed E-state index contributed by atoms with van der Waals surface area (Å²) >= 11 is 0. The molecule has 1 fully saturated rings. The van der Waals surface area contributed by atoms with E-state index in [-0.39, 0.29) is 11.0 Å². The molecule has 1 aliphatic carbocycles. The summed E-state index contributed by atoms with van der Waals surface area (Å²) in [4.78, 5) is 4.32. The van der Waals surface area contributed by atoms with Crippen molar-refractivity contribution in [1.82, 2.24) is 5.32 Å². The molecule has 0 amide bonds. The summed E-state index contributed by atoms with van der Waals surface area (Å²) < 4.78 is 10.8. The van der Waals surface area contributed by atoms with Gasteiger partial charge in [-0.1, -0.05) is 13.8 Å². The Morgan fingerprint density at radius 3 is 2.63 bits per heavy atom. The summed E-state index contributed by atoms with van der Waals surface area (Å²) in [5.41, 5.74) is 5.87. The minimum Gasteiger partial charge on any atom is -0.382 e. The van der Waals surface area contributed by atoms with Gasteiger partial charge in [0.05, 0.1) is 5.60 Å². The van der Waals surface area contributed by atoms with Gasteiger partial charge in [0.15, 0.2) is 5.96 Å². The van der Waals surface area contributed by atoms with E-state index in [1.54, 1.807) is 7.11 Å². The van der Waals surface area contributed by atoms with Gasteiger partial charge in [-0.05, 0) is 26.7 Å². The molecule has 0 radical (unpaired) electrons. The van der Waals surface area contributed by atoms with Gasteiger partial charge in [-0.25, -0.2) is 0 Å². The number of hydrogen-bond donors (Lipinski definition) is 2. The van der Waals surface area contributed by atoms with Crippen molar-refractivity contribution >= 4 is 5.96 Å². The van der Waals surface area contributed by atoms with Crippen LogP contribution in [-0.2, 0) is 9.47 Å². The number of guanidine groups is 1. The summed E-state index contributed by atoms with van der Waals surface area (Å²) in [7, 11) is 1.77. The Labute approximate surface area is 116 Å². The Balaban J connectivity index is 2.34. The van der Waals surface area contributed by atoms with Crippen molar-refractivity contribution in [3.63, 3.8) is 0 Å². The molecule has 1 rings (SSSR count). The van der Waals surface area contributed by atoms with Crippen LogP contribution in [0.4, 0.5) is 0 Å². The molecular weight excluding hydrogens is 242 g/mol. The highest BCUT2D eigenvalue weighted by atomic mass is 16.5. The number of rotatable bonds is 7. The van der Waals surface area contributed by atoms with Crippen LogP contribution in [0.5, 0.6) is 0 Å². The SMILES string of the molecule is CCOCCCN=C(N)NC1CC(C)(OC)C1(C)C. The van der Waals surface area contributed by atoms with Crippen LogP contribution in [-0.4, -0.2) is 44.5 Å². The monoisotopic (exact) mass is 271 g/mol. The molecule has 1 aliphatic rings. The van der Waals surface area contributed by atoms with Crippen LogP contribution in [0.3, 0.4) is 0 Å². The summed E-state index contributed by atoms with van der Waals surface area (Å²) in [5.74, 6) is 0.521. The lowest BCUT2D eigenvalue weighted by Crippen LogP contribution is -2.69. The van der Waals surface area contributed by atoms with Crippen LogP contribution < -0.4 is 11.1 Å². The Kier molecular flexibility index (Phi) is 5.62. The van der Waals surface area contributed by atoms with Crippen molar-refractivity contribution in [2.24, 2.45) is 16.1 Å². The van der Waals surface area contributed by atoms with Crippen LogP contribution in [0, 0.1) is 5.41 Å². The summed E-state index contributed by atoms with van der Waals surface area (Å²) in [5, 5.41) is 3.29. The summed E-state index contributed by atoms with van der Waals surface area (Å²) in [6.07, 6.45) is 1.85. The molecule has 0 saturated heterocycles. The predicted molar refractivity (Wildman–Crippen MR) is 78.3 cm³/mol. The molecule has 0 aromatic heterocycles. The van der Waals surface area contributed by atoms with E-state index in [9.17, 15) is 0 Å². The smallest absolute Gasteiger partial charge is 0.188 e. The second-order valence-corrected chi connectivity index (χ2v) is 5.88. The van der Waals surface area contributed by atoms with E-state index in [1.807, 2.05) is 6.92 Å². The maximum atomic E-state index is 5.91. The molecule has 3 N–H and O–H groups in total. The van der Waals surface area contributed by atoms with Gasteiger partial charge in [0.2, 0.25) is 0 Å². The fourth-order valence-electron chi connectivity index (χ4n) is 2.46. The quantitative estimate of drug-likeness (QED) is 0.418. The molecule has 5 heteroatoms. The third kappa shape index (κ3) is 3.60. The van der Waals surface area contributed by atoms with E-state index in [0.29, 0.717) is 18.5 Å². The molecule has 0 spiro atoms. The first kappa shape index (κ1) is 16.2. The number of nitrogens with zero attached hydrogens (tertiary/aromatic N) is 1. The van der Waals surface area contributed by atoms with Crippen molar-refractivity contribution < 1.29 is 9.47 Å². The Morgan fingerprint density at radius 2 is 2.11 bits per heavy atom. The first-order chi connectivity index (χ1) is 8.87. The van der Waals surface area contributed by atoms with Gasteiger partial charge in [-0.15, -0.1) is 0 Å². The Bertz CT molecular complexity index is 318. The van der Waals surface area contributed by atoms with Crippen molar-refractivity contribution in [2.75, 3.05) is 26.9 Å². The van der Waals surface area contributed by atoms with Crippen LogP contribution >= 0.6 is 0 Å². The lowest BCUT2D eigenvalue weighted by molar-refractivity contribution is -0.176. The van der Waals surface area contributed by atoms with Crippen LogP contribution in [0.2, 0.25) is 0 Å².